The van der Waals surface area contributed by atoms with Gasteiger partial charge in [-0.15, -0.1) is 35.3 Å². The molecule has 0 aliphatic carbocycles. The number of nitrogens with zero attached hydrogens (tertiary/aromatic N) is 5. The summed E-state index contributed by atoms with van der Waals surface area (Å²) in [5, 5.41) is 9.59. The van der Waals surface area contributed by atoms with Crippen molar-refractivity contribution in [2.45, 2.75) is 32.7 Å². The first-order chi connectivity index (χ1) is 10.9. The molecule has 2 aromatic rings. The minimum absolute atomic E-state index is 0. The zero-order valence-electron chi connectivity index (χ0n) is 15.0. The van der Waals surface area contributed by atoms with Gasteiger partial charge in [-0.1, -0.05) is 19.9 Å². The Balaban J connectivity index is 0.00000288. The Kier molecular flexibility index (Phi) is 8.14. The number of aryl methyl sites for hydroxylation is 1. The minimum Gasteiger partial charge on any atom is -0.357 e. The predicted molar refractivity (Wildman–Crippen MR) is 111 cm³/mol. The van der Waals surface area contributed by atoms with Gasteiger partial charge in [0.05, 0.1) is 13.1 Å². The average molecular weight is 462 g/mol. The molecule has 0 saturated carbocycles. The quantitative estimate of drug-likeness (QED) is 0.408. The Labute approximate surface area is 165 Å². The molecule has 2 aromatic heterocycles. The Morgan fingerprint density at radius 3 is 2.75 bits per heavy atom. The van der Waals surface area contributed by atoms with Gasteiger partial charge in [0.2, 0.25) is 0 Å². The first kappa shape index (κ1) is 20.9. The first-order valence-electron chi connectivity index (χ1n) is 7.80. The number of hydrogen-bond acceptors (Lipinski definition) is 4. The minimum atomic E-state index is 0. The fourth-order valence-electron chi connectivity index (χ4n) is 2.23. The van der Waals surface area contributed by atoms with Gasteiger partial charge in [0.25, 0.3) is 0 Å². The lowest BCUT2D eigenvalue weighted by molar-refractivity contribution is 0.443. The van der Waals surface area contributed by atoms with Crippen molar-refractivity contribution in [3.05, 3.63) is 34.5 Å². The van der Waals surface area contributed by atoms with Gasteiger partial charge in [-0.25, -0.2) is 4.98 Å². The van der Waals surface area contributed by atoms with Gasteiger partial charge >= 0.3 is 0 Å². The van der Waals surface area contributed by atoms with Crippen LogP contribution < -0.4 is 5.32 Å². The lowest BCUT2D eigenvalue weighted by Crippen LogP contribution is -2.40. The lowest BCUT2D eigenvalue weighted by atomic mass is 9.92. The van der Waals surface area contributed by atoms with E-state index in [9.17, 15) is 0 Å². The van der Waals surface area contributed by atoms with E-state index in [-0.39, 0.29) is 29.4 Å². The molecule has 0 aliphatic heterocycles. The molecule has 6 nitrogen and oxygen atoms in total. The maximum absolute atomic E-state index is 4.83. The third-order valence-electron chi connectivity index (χ3n) is 3.69. The van der Waals surface area contributed by atoms with Gasteiger partial charge in [-0.05, 0) is 18.4 Å². The Morgan fingerprint density at radius 1 is 1.46 bits per heavy atom. The molecule has 0 amide bonds. The summed E-state index contributed by atoms with van der Waals surface area (Å²) >= 11 is 1.78. The largest absolute Gasteiger partial charge is 0.357 e. The summed E-state index contributed by atoms with van der Waals surface area (Å²) in [5.41, 5.74) is 0.0282. The van der Waals surface area contributed by atoms with E-state index in [0.29, 0.717) is 6.54 Å². The second-order valence-corrected chi connectivity index (χ2v) is 7.13. The van der Waals surface area contributed by atoms with Crippen LogP contribution in [0.1, 0.15) is 31.5 Å². The average Bonchev–Trinajstić information content (AvgIpc) is 3.16. The number of guanidine groups is 1. The summed E-state index contributed by atoms with van der Waals surface area (Å²) in [6.45, 7) is 8.78. The summed E-state index contributed by atoms with van der Waals surface area (Å²) in [7, 11) is 3.93. The maximum Gasteiger partial charge on any atom is 0.194 e. The van der Waals surface area contributed by atoms with E-state index >= 15 is 0 Å². The molecule has 0 saturated heterocycles. The van der Waals surface area contributed by atoms with Crippen LogP contribution in [0.25, 0.3) is 0 Å². The van der Waals surface area contributed by atoms with Crippen LogP contribution in [0.2, 0.25) is 0 Å². The van der Waals surface area contributed by atoms with E-state index < -0.39 is 0 Å². The Hall–Kier alpha value is -1.16. The van der Waals surface area contributed by atoms with Crippen LogP contribution in [-0.4, -0.2) is 45.8 Å². The topological polar surface area (TPSA) is 58.3 Å². The van der Waals surface area contributed by atoms with Crippen molar-refractivity contribution in [1.29, 1.82) is 0 Å². The number of aliphatic imine (C=N–C) groups is 1. The van der Waals surface area contributed by atoms with Crippen molar-refractivity contribution in [1.82, 2.24) is 25.0 Å². The van der Waals surface area contributed by atoms with Crippen molar-refractivity contribution < 1.29 is 0 Å². The molecule has 2 rings (SSSR count). The second kappa shape index (κ2) is 9.36. The highest BCUT2D eigenvalue weighted by atomic mass is 127. The summed E-state index contributed by atoms with van der Waals surface area (Å²) in [5.74, 6) is 1.80. The first-order valence-corrected chi connectivity index (χ1v) is 8.68. The smallest absolute Gasteiger partial charge is 0.194 e. The van der Waals surface area contributed by atoms with Crippen LogP contribution in [0.4, 0.5) is 0 Å². The predicted octanol–water partition coefficient (Wildman–Crippen LogP) is 2.87. The molecule has 8 heteroatoms. The normalized spacial score (nSPS) is 12.0. The number of nitrogens with one attached hydrogen (secondary N) is 1. The number of aromatic nitrogens is 3. The van der Waals surface area contributed by atoms with Crippen molar-refractivity contribution in [2.24, 2.45) is 12.0 Å². The van der Waals surface area contributed by atoms with Crippen LogP contribution in [-0.2, 0) is 19.0 Å². The molecule has 0 spiro atoms. The molecule has 24 heavy (non-hydrogen) atoms. The molecule has 134 valence electrons. The molecule has 0 aromatic carbocycles. The van der Waals surface area contributed by atoms with E-state index in [1.807, 2.05) is 14.1 Å². The third-order valence-corrected chi connectivity index (χ3v) is 4.93. The molecule has 0 fully saturated rings. The van der Waals surface area contributed by atoms with E-state index in [1.54, 1.807) is 22.3 Å². The molecule has 0 unspecified atom stereocenters. The van der Waals surface area contributed by atoms with Crippen molar-refractivity contribution in [3.8, 4) is 0 Å². The van der Waals surface area contributed by atoms with Gasteiger partial charge in [-0.3, -0.25) is 9.67 Å². The van der Waals surface area contributed by atoms with Crippen molar-refractivity contribution in [3.63, 3.8) is 0 Å². The summed E-state index contributed by atoms with van der Waals surface area (Å²) in [6.07, 6.45) is 1.58. The maximum atomic E-state index is 4.83. The number of halogens is 1. The molecule has 1 N–H and O–H groups in total. The number of rotatable bonds is 6. The highest BCUT2D eigenvalue weighted by Crippen LogP contribution is 2.27. The zero-order valence-corrected chi connectivity index (χ0v) is 18.1. The second-order valence-electron chi connectivity index (χ2n) is 6.19. The SMILES string of the molecule is CCNC(=NCC(C)(C)c1cccs1)N(C)Cc1ncnn1C.I. The fourth-order valence-corrected chi connectivity index (χ4v) is 3.08. The van der Waals surface area contributed by atoms with Gasteiger partial charge in [0.15, 0.2) is 5.96 Å². The summed E-state index contributed by atoms with van der Waals surface area (Å²) in [6, 6.07) is 4.27. The number of hydrogen-bond donors (Lipinski definition) is 1. The summed E-state index contributed by atoms with van der Waals surface area (Å²) < 4.78 is 1.79. The van der Waals surface area contributed by atoms with E-state index in [2.05, 4.69) is 58.6 Å². The lowest BCUT2D eigenvalue weighted by Gasteiger charge is -2.25. The van der Waals surface area contributed by atoms with Gasteiger partial charge in [-0.2, -0.15) is 5.10 Å². The molecular formula is C16H27IN6S. The van der Waals surface area contributed by atoms with Crippen molar-refractivity contribution in [2.75, 3.05) is 20.1 Å². The van der Waals surface area contributed by atoms with E-state index in [4.69, 9.17) is 4.99 Å². The van der Waals surface area contributed by atoms with Gasteiger partial charge < -0.3 is 10.2 Å². The molecule has 0 bridgehead atoms. The van der Waals surface area contributed by atoms with Gasteiger partial charge in [0, 0.05) is 30.9 Å². The fraction of sp³-hybridized carbons (Fsp3) is 0.562. The van der Waals surface area contributed by atoms with Crippen LogP contribution >= 0.6 is 35.3 Å². The Morgan fingerprint density at radius 2 is 2.21 bits per heavy atom. The van der Waals surface area contributed by atoms with Crippen LogP contribution in [0.5, 0.6) is 0 Å². The molecule has 0 atom stereocenters. The van der Waals surface area contributed by atoms with Crippen LogP contribution in [0.15, 0.2) is 28.8 Å². The molecule has 2 heterocycles. The van der Waals surface area contributed by atoms with Crippen LogP contribution in [0, 0.1) is 0 Å². The highest BCUT2D eigenvalue weighted by molar-refractivity contribution is 14.0. The van der Waals surface area contributed by atoms with E-state index in [0.717, 1.165) is 24.9 Å². The monoisotopic (exact) mass is 462 g/mol. The molecule has 0 radical (unpaired) electrons. The summed E-state index contributed by atoms with van der Waals surface area (Å²) in [4.78, 5) is 12.5. The van der Waals surface area contributed by atoms with Crippen LogP contribution in [0.3, 0.4) is 0 Å². The van der Waals surface area contributed by atoms with E-state index in [1.165, 1.54) is 4.88 Å². The number of thiophene rings is 1. The molecule has 0 aliphatic rings. The van der Waals surface area contributed by atoms with Gasteiger partial charge in [0.1, 0.15) is 12.2 Å². The standard InChI is InChI=1S/C16H26N6S.HI/c1-6-17-15(21(4)10-14-19-12-20-22(14)5)18-11-16(2,3)13-8-7-9-23-13;/h7-9,12H,6,10-11H2,1-5H3,(H,17,18);1H. The Bertz CT molecular complexity index is 635. The third kappa shape index (κ3) is 5.44. The highest BCUT2D eigenvalue weighted by Gasteiger charge is 2.22. The van der Waals surface area contributed by atoms with Crippen molar-refractivity contribution >= 4 is 41.3 Å². The zero-order chi connectivity index (χ0) is 16.9. The molecular weight excluding hydrogens is 435 g/mol.